The number of halogens is 4. The van der Waals surface area contributed by atoms with Gasteiger partial charge in [0, 0.05) is 10.0 Å². The Morgan fingerprint density at radius 2 is 2.00 bits per heavy atom. The fourth-order valence-electron chi connectivity index (χ4n) is 1.31. The van der Waals surface area contributed by atoms with Gasteiger partial charge in [-0.15, -0.1) is 0 Å². The van der Waals surface area contributed by atoms with Crippen molar-refractivity contribution >= 4 is 21.7 Å². The van der Waals surface area contributed by atoms with Crippen LogP contribution in [0.2, 0.25) is 0 Å². The topological polar surface area (TPSA) is 26.3 Å². The van der Waals surface area contributed by atoms with E-state index >= 15 is 0 Å². The molecule has 0 spiro atoms. The zero-order valence-corrected chi connectivity index (χ0v) is 11.4. The summed E-state index contributed by atoms with van der Waals surface area (Å²) < 4.78 is 43.6. The highest BCUT2D eigenvalue weighted by molar-refractivity contribution is 9.10. The lowest BCUT2D eigenvalue weighted by atomic mass is 10.0. The minimum atomic E-state index is -4.56. The molecule has 0 fully saturated rings. The SMILES string of the molecule is CC(C)OCC(=O)c1ccc(Br)cc1C(F)(F)F. The molecule has 0 radical (unpaired) electrons. The summed E-state index contributed by atoms with van der Waals surface area (Å²) in [6.07, 6.45) is -4.77. The third-order valence-corrected chi connectivity index (χ3v) is 2.63. The zero-order valence-electron chi connectivity index (χ0n) is 9.84. The normalized spacial score (nSPS) is 11.9. The van der Waals surface area contributed by atoms with Crippen molar-refractivity contribution in [2.45, 2.75) is 26.1 Å². The molecule has 18 heavy (non-hydrogen) atoms. The van der Waals surface area contributed by atoms with E-state index in [1.54, 1.807) is 13.8 Å². The largest absolute Gasteiger partial charge is 0.417 e. The summed E-state index contributed by atoms with van der Waals surface area (Å²) in [6.45, 7) is 3.06. The summed E-state index contributed by atoms with van der Waals surface area (Å²) in [4.78, 5) is 11.7. The average Bonchev–Trinajstić information content (AvgIpc) is 2.24. The van der Waals surface area contributed by atoms with Crippen molar-refractivity contribution in [3.05, 3.63) is 33.8 Å². The number of ether oxygens (including phenoxy) is 1. The van der Waals surface area contributed by atoms with Crippen molar-refractivity contribution in [3.63, 3.8) is 0 Å². The van der Waals surface area contributed by atoms with Crippen LogP contribution >= 0.6 is 15.9 Å². The predicted octanol–water partition coefficient (Wildman–Crippen LogP) is 4.08. The summed E-state index contributed by atoms with van der Waals surface area (Å²) in [5.74, 6) is -0.677. The van der Waals surface area contributed by atoms with Crippen LogP contribution in [-0.4, -0.2) is 18.5 Å². The predicted molar refractivity (Wildman–Crippen MR) is 64.6 cm³/mol. The minimum Gasteiger partial charge on any atom is -0.371 e. The molecule has 6 heteroatoms. The van der Waals surface area contributed by atoms with Gasteiger partial charge < -0.3 is 4.74 Å². The lowest BCUT2D eigenvalue weighted by molar-refractivity contribution is -0.138. The van der Waals surface area contributed by atoms with E-state index in [0.717, 1.165) is 12.1 Å². The van der Waals surface area contributed by atoms with Gasteiger partial charge in [-0.25, -0.2) is 0 Å². The first-order chi connectivity index (χ1) is 8.21. The van der Waals surface area contributed by atoms with E-state index in [2.05, 4.69) is 15.9 Å². The molecule has 1 aromatic rings. The fourth-order valence-corrected chi connectivity index (χ4v) is 1.68. The molecule has 1 rings (SSSR count). The molecule has 0 heterocycles. The van der Waals surface area contributed by atoms with Crippen LogP contribution in [-0.2, 0) is 10.9 Å². The fraction of sp³-hybridized carbons (Fsp3) is 0.417. The first-order valence-electron chi connectivity index (χ1n) is 5.23. The number of carbonyl (C=O) groups is 1. The Bertz CT molecular complexity index is 441. The van der Waals surface area contributed by atoms with E-state index in [4.69, 9.17) is 4.74 Å². The third kappa shape index (κ3) is 4.10. The van der Waals surface area contributed by atoms with Gasteiger partial charge in [-0.3, -0.25) is 4.79 Å². The Morgan fingerprint density at radius 1 is 1.39 bits per heavy atom. The Hall–Kier alpha value is -0.880. The first kappa shape index (κ1) is 15.2. The van der Waals surface area contributed by atoms with Crippen LogP contribution in [0.4, 0.5) is 13.2 Å². The molecule has 0 bridgehead atoms. The van der Waals surface area contributed by atoms with E-state index in [1.165, 1.54) is 6.07 Å². The highest BCUT2D eigenvalue weighted by atomic mass is 79.9. The van der Waals surface area contributed by atoms with Crippen molar-refractivity contribution in [3.8, 4) is 0 Å². The second kappa shape index (κ2) is 5.84. The number of Topliss-reactive ketones (excluding diaryl/α,β-unsaturated/α-hetero) is 1. The van der Waals surface area contributed by atoms with Gasteiger partial charge in [-0.2, -0.15) is 13.2 Å². The van der Waals surface area contributed by atoms with Crippen LogP contribution in [0, 0.1) is 0 Å². The van der Waals surface area contributed by atoms with E-state index in [1.807, 2.05) is 0 Å². The van der Waals surface area contributed by atoms with Gasteiger partial charge >= 0.3 is 6.18 Å². The minimum absolute atomic E-state index is 0.210. The average molecular weight is 325 g/mol. The highest BCUT2D eigenvalue weighted by Crippen LogP contribution is 2.34. The van der Waals surface area contributed by atoms with Crippen LogP contribution in [0.1, 0.15) is 29.8 Å². The second-order valence-corrected chi connectivity index (χ2v) is 4.89. The van der Waals surface area contributed by atoms with E-state index in [-0.39, 0.29) is 22.7 Å². The molecule has 0 saturated carbocycles. The van der Waals surface area contributed by atoms with Crippen molar-refractivity contribution in [1.82, 2.24) is 0 Å². The summed E-state index contributed by atoms with van der Waals surface area (Å²) in [6, 6.07) is 3.44. The smallest absolute Gasteiger partial charge is 0.371 e. The summed E-state index contributed by atoms with van der Waals surface area (Å²) in [5, 5.41) is 0. The molecule has 0 saturated heterocycles. The van der Waals surface area contributed by atoms with Crippen molar-refractivity contribution < 1.29 is 22.7 Å². The van der Waals surface area contributed by atoms with E-state index < -0.39 is 17.5 Å². The van der Waals surface area contributed by atoms with Crippen molar-refractivity contribution in [1.29, 1.82) is 0 Å². The number of alkyl halides is 3. The maximum Gasteiger partial charge on any atom is 0.417 e. The molecule has 0 unspecified atom stereocenters. The van der Waals surface area contributed by atoms with Gasteiger partial charge in [0.05, 0.1) is 11.7 Å². The molecular formula is C12H12BrF3O2. The van der Waals surface area contributed by atoms with Crippen LogP contribution in [0.5, 0.6) is 0 Å². The van der Waals surface area contributed by atoms with Crippen molar-refractivity contribution in [2.75, 3.05) is 6.61 Å². The molecule has 100 valence electrons. The van der Waals surface area contributed by atoms with Crippen molar-refractivity contribution in [2.24, 2.45) is 0 Å². The number of rotatable bonds is 4. The van der Waals surface area contributed by atoms with Crippen LogP contribution in [0.3, 0.4) is 0 Å². The molecular weight excluding hydrogens is 313 g/mol. The van der Waals surface area contributed by atoms with Crippen LogP contribution < -0.4 is 0 Å². The molecule has 0 aliphatic rings. The molecule has 1 aromatic carbocycles. The Labute approximate surface area is 111 Å². The van der Waals surface area contributed by atoms with Crippen LogP contribution in [0.25, 0.3) is 0 Å². The number of hydrogen-bond acceptors (Lipinski definition) is 2. The molecule has 0 amide bonds. The Morgan fingerprint density at radius 3 is 2.50 bits per heavy atom. The van der Waals surface area contributed by atoms with Gasteiger partial charge in [-0.05, 0) is 32.0 Å². The monoisotopic (exact) mass is 324 g/mol. The molecule has 0 aromatic heterocycles. The van der Waals surface area contributed by atoms with Gasteiger partial charge in [0.1, 0.15) is 6.61 Å². The zero-order chi connectivity index (χ0) is 13.9. The number of benzene rings is 1. The van der Waals surface area contributed by atoms with E-state index in [0.29, 0.717) is 0 Å². The van der Waals surface area contributed by atoms with Crippen LogP contribution in [0.15, 0.2) is 22.7 Å². The molecule has 0 N–H and O–H groups in total. The third-order valence-electron chi connectivity index (χ3n) is 2.14. The number of carbonyl (C=O) groups excluding carboxylic acids is 1. The summed E-state index contributed by atoms with van der Waals surface area (Å²) >= 11 is 2.96. The lowest BCUT2D eigenvalue weighted by Crippen LogP contribution is -2.18. The highest BCUT2D eigenvalue weighted by Gasteiger charge is 2.35. The molecule has 0 atom stereocenters. The maximum absolute atomic E-state index is 12.8. The quantitative estimate of drug-likeness (QED) is 0.780. The Kier molecular flexibility index (Phi) is 4.92. The van der Waals surface area contributed by atoms with Gasteiger partial charge in [-0.1, -0.05) is 15.9 Å². The standard InChI is InChI=1S/C12H12BrF3O2/c1-7(2)18-6-11(17)9-4-3-8(13)5-10(9)12(14,15)16/h3-5,7H,6H2,1-2H3. The summed E-state index contributed by atoms with van der Waals surface area (Å²) in [7, 11) is 0. The van der Waals surface area contributed by atoms with E-state index in [9.17, 15) is 18.0 Å². The Balaban J connectivity index is 3.05. The van der Waals surface area contributed by atoms with Gasteiger partial charge in [0.15, 0.2) is 5.78 Å². The lowest BCUT2D eigenvalue weighted by Gasteiger charge is -2.13. The molecule has 0 aliphatic carbocycles. The number of ketones is 1. The molecule has 2 nitrogen and oxygen atoms in total. The summed E-state index contributed by atoms with van der Waals surface area (Å²) in [5.41, 5.74) is -1.32. The maximum atomic E-state index is 12.8. The van der Waals surface area contributed by atoms with Gasteiger partial charge in [0.25, 0.3) is 0 Å². The first-order valence-corrected chi connectivity index (χ1v) is 6.02. The second-order valence-electron chi connectivity index (χ2n) is 3.97. The molecule has 0 aliphatic heterocycles. The van der Waals surface area contributed by atoms with Gasteiger partial charge in [0.2, 0.25) is 0 Å². The number of hydrogen-bond donors (Lipinski definition) is 0.